The van der Waals surface area contributed by atoms with E-state index < -0.39 is 0 Å². The second-order valence-electron chi connectivity index (χ2n) is 12.9. The molecular weight excluding hydrogens is 631 g/mol. The van der Waals surface area contributed by atoms with Gasteiger partial charge in [0.2, 0.25) is 0 Å². The zero-order valence-electron chi connectivity index (χ0n) is 28.4. The largest absolute Gasteiger partial charge is 0.264 e. The van der Waals surface area contributed by atoms with E-state index in [4.69, 9.17) is 9.97 Å². The van der Waals surface area contributed by atoms with E-state index in [9.17, 15) is 0 Å². The summed E-state index contributed by atoms with van der Waals surface area (Å²) >= 11 is 0. The van der Waals surface area contributed by atoms with E-state index in [1.807, 2.05) is 24.4 Å². The average molecular weight is 664 g/mol. The van der Waals surface area contributed by atoms with Crippen molar-refractivity contribution in [2.75, 3.05) is 0 Å². The molecule has 0 saturated carbocycles. The van der Waals surface area contributed by atoms with Gasteiger partial charge in [-0.2, -0.15) is 0 Å². The summed E-state index contributed by atoms with van der Waals surface area (Å²) in [5.41, 5.74) is 15.3. The Bertz CT molecular complexity index is 2620. The Morgan fingerprint density at radius 1 is 0.288 bits per heavy atom. The van der Waals surface area contributed by atoms with Crippen molar-refractivity contribution >= 4 is 10.9 Å². The van der Waals surface area contributed by atoms with Crippen molar-refractivity contribution in [2.45, 2.75) is 0 Å². The minimum absolute atomic E-state index is 0.697. The highest BCUT2D eigenvalue weighted by Crippen LogP contribution is 2.36. The van der Waals surface area contributed by atoms with Gasteiger partial charge in [0.1, 0.15) is 0 Å². The molecule has 244 valence electrons. The second kappa shape index (κ2) is 13.7. The highest BCUT2D eigenvalue weighted by Gasteiger charge is 2.15. The van der Waals surface area contributed by atoms with Crippen molar-refractivity contribution in [3.63, 3.8) is 0 Å². The molecule has 0 unspecified atom stereocenters. The van der Waals surface area contributed by atoms with Crippen molar-refractivity contribution in [3.05, 3.63) is 200 Å². The van der Waals surface area contributed by atoms with Gasteiger partial charge in [-0.15, -0.1) is 0 Å². The number of hydrogen-bond donors (Lipinski definition) is 0. The molecule has 52 heavy (non-hydrogen) atoms. The molecule has 0 bridgehead atoms. The Kier molecular flexibility index (Phi) is 8.20. The Labute approximate surface area is 303 Å². The van der Waals surface area contributed by atoms with Gasteiger partial charge in [-0.3, -0.25) is 4.98 Å². The Morgan fingerprint density at radius 2 is 0.731 bits per heavy atom. The topological polar surface area (TPSA) is 38.7 Å². The maximum atomic E-state index is 5.31. The fourth-order valence-electron chi connectivity index (χ4n) is 6.85. The van der Waals surface area contributed by atoms with Crippen LogP contribution >= 0.6 is 0 Å². The standard InChI is InChI=1S/C49H33N3/c1-4-11-34(12-5-1)41-26-27-47-46(32-41)48(40-15-8-3-9-16-40)52-49(51-47)45-30-43(35-13-6-2-7-14-35)29-44(31-45)39-24-20-37(21-25-39)36-18-22-38(23-19-36)42-17-10-28-50-33-42/h1-33H. The van der Waals surface area contributed by atoms with Gasteiger partial charge in [0, 0.05) is 28.9 Å². The molecule has 2 aromatic heterocycles. The van der Waals surface area contributed by atoms with E-state index in [0.717, 1.165) is 66.7 Å². The smallest absolute Gasteiger partial charge is 0.160 e. The normalized spacial score (nSPS) is 11.1. The highest BCUT2D eigenvalue weighted by atomic mass is 14.9. The number of hydrogen-bond acceptors (Lipinski definition) is 3. The van der Waals surface area contributed by atoms with Gasteiger partial charge in [0.25, 0.3) is 0 Å². The van der Waals surface area contributed by atoms with E-state index in [-0.39, 0.29) is 0 Å². The van der Waals surface area contributed by atoms with Crippen LogP contribution in [0.1, 0.15) is 0 Å². The lowest BCUT2D eigenvalue weighted by molar-refractivity contribution is 1.23. The fourth-order valence-corrected chi connectivity index (χ4v) is 6.85. The lowest BCUT2D eigenvalue weighted by Gasteiger charge is -2.14. The molecule has 3 nitrogen and oxygen atoms in total. The van der Waals surface area contributed by atoms with Gasteiger partial charge in [-0.1, -0.05) is 152 Å². The van der Waals surface area contributed by atoms with Crippen LogP contribution in [0.3, 0.4) is 0 Å². The average Bonchev–Trinajstić information content (AvgIpc) is 3.24. The first kappa shape index (κ1) is 31.0. The van der Waals surface area contributed by atoms with Crippen LogP contribution in [-0.2, 0) is 0 Å². The summed E-state index contributed by atoms with van der Waals surface area (Å²) < 4.78 is 0. The Balaban J connectivity index is 1.14. The van der Waals surface area contributed by atoms with Gasteiger partial charge < -0.3 is 0 Å². The molecule has 0 aliphatic heterocycles. The van der Waals surface area contributed by atoms with Crippen LogP contribution in [-0.4, -0.2) is 15.0 Å². The molecule has 3 heteroatoms. The van der Waals surface area contributed by atoms with E-state index in [2.05, 4.69) is 175 Å². The molecule has 0 N–H and O–H groups in total. The number of fused-ring (bicyclic) bond motifs is 1. The molecular formula is C49H33N3. The molecule has 9 rings (SSSR count). The van der Waals surface area contributed by atoms with Gasteiger partial charge in [-0.05, 0) is 92.0 Å². The van der Waals surface area contributed by atoms with Crippen LogP contribution in [0, 0.1) is 0 Å². The molecule has 0 fully saturated rings. The molecule has 9 aromatic rings. The van der Waals surface area contributed by atoms with Crippen LogP contribution in [0.4, 0.5) is 0 Å². The van der Waals surface area contributed by atoms with Crippen molar-refractivity contribution in [1.29, 1.82) is 0 Å². The minimum Gasteiger partial charge on any atom is -0.264 e. The van der Waals surface area contributed by atoms with Crippen molar-refractivity contribution < 1.29 is 0 Å². The Hall–Kier alpha value is -6.97. The molecule has 0 aliphatic rings. The molecule has 0 aliphatic carbocycles. The maximum Gasteiger partial charge on any atom is 0.160 e. The molecule has 7 aromatic carbocycles. The molecule has 0 spiro atoms. The first-order chi connectivity index (χ1) is 25.7. The predicted octanol–water partition coefficient (Wildman–Crippen LogP) is 12.7. The summed E-state index contributed by atoms with van der Waals surface area (Å²) in [6.45, 7) is 0. The molecule has 0 saturated heterocycles. The quantitative estimate of drug-likeness (QED) is 0.170. The van der Waals surface area contributed by atoms with E-state index in [0.29, 0.717) is 5.82 Å². The lowest BCUT2D eigenvalue weighted by Crippen LogP contribution is -1.96. The van der Waals surface area contributed by atoms with Crippen LogP contribution in [0.25, 0.3) is 89.2 Å². The number of pyridine rings is 1. The van der Waals surface area contributed by atoms with Gasteiger partial charge >= 0.3 is 0 Å². The number of benzene rings is 7. The molecule has 0 radical (unpaired) electrons. The first-order valence-corrected chi connectivity index (χ1v) is 17.5. The monoisotopic (exact) mass is 663 g/mol. The van der Waals surface area contributed by atoms with Crippen LogP contribution in [0.2, 0.25) is 0 Å². The summed E-state index contributed by atoms with van der Waals surface area (Å²) in [4.78, 5) is 14.8. The third kappa shape index (κ3) is 6.28. The van der Waals surface area contributed by atoms with Crippen LogP contribution in [0.15, 0.2) is 200 Å². The van der Waals surface area contributed by atoms with Crippen LogP contribution < -0.4 is 0 Å². The fraction of sp³-hybridized carbons (Fsp3) is 0. The minimum atomic E-state index is 0.697. The zero-order valence-corrected chi connectivity index (χ0v) is 28.4. The van der Waals surface area contributed by atoms with Gasteiger partial charge in [0.05, 0.1) is 11.2 Å². The number of nitrogens with zero attached hydrogens (tertiary/aromatic N) is 3. The number of aromatic nitrogens is 3. The first-order valence-electron chi connectivity index (χ1n) is 17.5. The number of rotatable bonds is 7. The van der Waals surface area contributed by atoms with Crippen molar-refractivity contribution in [3.8, 4) is 78.3 Å². The van der Waals surface area contributed by atoms with Gasteiger partial charge in [0.15, 0.2) is 5.82 Å². The zero-order chi connectivity index (χ0) is 34.7. The maximum absolute atomic E-state index is 5.31. The van der Waals surface area contributed by atoms with E-state index >= 15 is 0 Å². The molecule has 0 amide bonds. The third-order valence-electron chi connectivity index (χ3n) is 9.58. The molecule has 2 heterocycles. The second-order valence-corrected chi connectivity index (χ2v) is 12.9. The summed E-state index contributed by atoms with van der Waals surface area (Å²) in [6.07, 6.45) is 3.70. The van der Waals surface area contributed by atoms with Crippen LogP contribution in [0.5, 0.6) is 0 Å². The van der Waals surface area contributed by atoms with Crippen molar-refractivity contribution in [2.24, 2.45) is 0 Å². The predicted molar refractivity (Wildman–Crippen MR) is 215 cm³/mol. The molecule has 0 atom stereocenters. The third-order valence-corrected chi connectivity index (χ3v) is 9.58. The Morgan fingerprint density at radius 3 is 1.29 bits per heavy atom. The highest BCUT2D eigenvalue weighted by molar-refractivity contribution is 5.96. The van der Waals surface area contributed by atoms with E-state index in [1.54, 1.807) is 6.20 Å². The van der Waals surface area contributed by atoms with Crippen molar-refractivity contribution in [1.82, 2.24) is 15.0 Å². The van der Waals surface area contributed by atoms with Gasteiger partial charge in [-0.25, -0.2) is 9.97 Å². The summed E-state index contributed by atoms with van der Waals surface area (Å²) in [6, 6.07) is 66.2. The lowest BCUT2D eigenvalue weighted by atomic mass is 9.94. The van der Waals surface area contributed by atoms with E-state index in [1.165, 1.54) is 16.7 Å². The summed E-state index contributed by atoms with van der Waals surface area (Å²) in [5.74, 6) is 0.697. The summed E-state index contributed by atoms with van der Waals surface area (Å²) in [5, 5.41) is 1.03. The summed E-state index contributed by atoms with van der Waals surface area (Å²) in [7, 11) is 0. The SMILES string of the molecule is c1ccc(-c2cc(-c3ccc(-c4ccc(-c5cccnc5)cc4)cc3)cc(-c3nc(-c4ccccc4)c4cc(-c5ccccc5)ccc4n3)c2)cc1.